The summed E-state index contributed by atoms with van der Waals surface area (Å²) in [7, 11) is 0. The lowest BCUT2D eigenvalue weighted by molar-refractivity contribution is 0.0734. The fourth-order valence-corrected chi connectivity index (χ4v) is 3.20. The summed E-state index contributed by atoms with van der Waals surface area (Å²) in [5.74, 6) is 0.765. The lowest BCUT2D eigenvalue weighted by Gasteiger charge is -2.09. The molecule has 170 valence electrons. The minimum atomic E-state index is -0.520. The third-order valence-electron chi connectivity index (χ3n) is 4.37. The maximum atomic E-state index is 12.6. The van der Waals surface area contributed by atoms with Crippen LogP contribution in [0.4, 0.5) is 0 Å². The molecule has 1 amide bonds. The van der Waals surface area contributed by atoms with Gasteiger partial charge in [0.1, 0.15) is 17.2 Å². The lowest BCUT2D eigenvalue weighted by Crippen LogP contribution is -2.17. The predicted molar refractivity (Wildman–Crippen MR) is 129 cm³/mol. The molecule has 3 rings (SSSR count). The second kappa shape index (κ2) is 11.8. The summed E-state index contributed by atoms with van der Waals surface area (Å²) in [5, 5.41) is 4.01. The molecule has 0 bridgehead atoms. The molecule has 0 saturated heterocycles. The number of nitrogens with one attached hydrogen (secondary N) is 1. The van der Waals surface area contributed by atoms with Crippen LogP contribution in [0.3, 0.4) is 0 Å². The minimum Gasteiger partial charge on any atom is -0.494 e. The van der Waals surface area contributed by atoms with E-state index in [-0.39, 0.29) is 5.91 Å². The van der Waals surface area contributed by atoms with E-state index < -0.39 is 5.97 Å². The van der Waals surface area contributed by atoms with E-state index in [4.69, 9.17) is 14.2 Å². The van der Waals surface area contributed by atoms with Gasteiger partial charge in [0.2, 0.25) is 0 Å². The lowest BCUT2D eigenvalue weighted by atomic mass is 10.2. The molecule has 33 heavy (non-hydrogen) atoms. The van der Waals surface area contributed by atoms with E-state index in [1.807, 2.05) is 13.8 Å². The number of halogens is 1. The van der Waals surface area contributed by atoms with Gasteiger partial charge in [-0.05, 0) is 80.6 Å². The van der Waals surface area contributed by atoms with Gasteiger partial charge in [-0.3, -0.25) is 4.79 Å². The Morgan fingerprint density at radius 2 is 1.45 bits per heavy atom. The van der Waals surface area contributed by atoms with E-state index in [2.05, 4.69) is 26.5 Å². The molecular formula is C25H23BrN2O5. The Kier molecular flexibility index (Phi) is 8.60. The molecule has 0 aromatic heterocycles. The van der Waals surface area contributed by atoms with Gasteiger partial charge >= 0.3 is 5.97 Å². The Morgan fingerprint density at radius 1 is 0.879 bits per heavy atom. The van der Waals surface area contributed by atoms with Crippen molar-refractivity contribution in [1.82, 2.24) is 5.43 Å². The van der Waals surface area contributed by atoms with Crippen LogP contribution in [0.1, 0.15) is 40.1 Å². The zero-order chi connectivity index (χ0) is 23.6. The van der Waals surface area contributed by atoms with Gasteiger partial charge in [-0.15, -0.1) is 0 Å². The van der Waals surface area contributed by atoms with Crippen molar-refractivity contribution in [3.63, 3.8) is 0 Å². The molecule has 0 atom stereocenters. The quantitative estimate of drug-likeness (QED) is 0.184. The Bertz CT molecular complexity index is 1130. The molecule has 1 N–H and O–H groups in total. The molecule has 0 aliphatic carbocycles. The number of esters is 1. The van der Waals surface area contributed by atoms with E-state index in [1.54, 1.807) is 66.7 Å². The zero-order valence-corrected chi connectivity index (χ0v) is 19.8. The number of hydrogen-bond donors (Lipinski definition) is 1. The monoisotopic (exact) mass is 510 g/mol. The highest BCUT2D eigenvalue weighted by Gasteiger charge is 2.12. The van der Waals surface area contributed by atoms with Crippen molar-refractivity contribution in [1.29, 1.82) is 0 Å². The van der Waals surface area contributed by atoms with Gasteiger partial charge < -0.3 is 14.2 Å². The van der Waals surface area contributed by atoms with Gasteiger partial charge in [-0.25, -0.2) is 10.2 Å². The topological polar surface area (TPSA) is 86.2 Å². The Morgan fingerprint density at radius 3 is 2.03 bits per heavy atom. The van der Waals surface area contributed by atoms with Crippen molar-refractivity contribution in [2.45, 2.75) is 13.8 Å². The summed E-state index contributed by atoms with van der Waals surface area (Å²) in [5.41, 5.74) is 3.80. The number of carbonyl (C=O) groups excluding carboxylic acids is 2. The standard InChI is InChI=1S/C25H23BrN2O5/c1-3-31-21-10-5-17(6-11-21)24(29)28-27-16-19-15-20(26)9-14-23(19)33-25(30)18-7-12-22(13-8-18)32-4-2/h5-16H,3-4H2,1-2H3,(H,28,29)/b27-16+. The molecule has 0 unspecified atom stereocenters. The molecule has 0 aliphatic heterocycles. The van der Waals surface area contributed by atoms with Gasteiger partial charge in [0, 0.05) is 15.6 Å². The third kappa shape index (κ3) is 6.92. The van der Waals surface area contributed by atoms with Gasteiger partial charge in [0.15, 0.2) is 0 Å². The van der Waals surface area contributed by atoms with Crippen LogP contribution < -0.4 is 19.6 Å². The largest absolute Gasteiger partial charge is 0.494 e. The summed E-state index contributed by atoms with van der Waals surface area (Å²) in [6, 6.07) is 18.5. The van der Waals surface area contributed by atoms with E-state index in [9.17, 15) is 9.59 Å². The summed E-state index contributed by atoms with van der Waals surface area (Å²) < 4.78 is 17.1. The van der Waals surface area contributed by atoms with Crippen molar-refractivity contribution >= 4 is 34.0 Å². The van der Waals surface area contributed by atoms with Gasteiger partial charge in [0.25, 0.3) is 5.91 Å². The smallest absolute Gasteiger partial charge is 0.343 e. The second-order valence-corrected chi connectivity index (χ2v) is 7.60. The normalized spacial score (nSPS) is 10.6. The first-order valence-electron chi connectivity index (χ1n) is 10.3. The Balaban J connectivity index is 1.68. The van der Waals surface area contributed by atoms with E-state index in [1.165, 1.54) is 6.21 Å². The average molecular weight is 511 g/mol. The number of amides is 1. The van der Waals surface area contributed by atoms with Crippen molar-refractivity contribution < 1.29 is 23.8 Å². The van der Waals surface area contributed by atoms with Crippen molar-refractivity contribution in [3.8, 4) is 17.2 Å². The average Bonchev–Trinajstić information content (AvgIpc) is 2.82. The van der Waals surface area contributed by atoms with Crippen LogP contribution in [0.5, 0.6) is 17.2 Å². The number of hydrogen-bond acceptors (Lipinski definition) is 6. The van der Waals surface area contributed by atoms with Crippen LogP contribution in [-0.4, -0.2) is 31.3 Å². The molecule has 0 heterocycles. The zero-order valence-electron chi connectivity index (χ0n) is 18.2. The number of hydrazone groups is 1. The van der Waals surface area contributed by atoms with Crippen molar-refractivity contribution in [3.05, 3.63) is 87.9 Å². The van der Waals surface area contributed by atoms with Crippen LogP contribution in [0.15, 0.2) is 76.3 Å². The Hall–Kier alpha value is -3.65. The maximum absolute atomic E-state index is 12.6. The molecule has 8 heteroatoms. The molecule has 0 radical (unpaired) electrons. The number of benzene rings is 3. The van der Waals surface area contributed by atoms with E-state index in [0.29, 0.717) is 47.2 Å². The van der Waals surface area contributed by atoms with Crippen LogP contribution in [-0.2, 0) is 0 Å². The SMILES string of the molecule is CCOc1ccc(C(=O)N/N=C/c2cc(Br)ccc2OC(=O)c2ccc(OCC)cc2)cc1. The van der Waals surface area contributed by atoms with E-state index >= 15 is 0 Å². The highest BCUT2D eigenvalue weighted by atomic mass is 79.9. The van der Waals surface area contributed by atoms with E-state index in [0.717, 1.165) is 4.47 Å². The fraction of sp³-hybridized carbons (Fsp3) is 0.160. The number of ether oxygens (including phenoxy) is 3. The van der Waals surface area contributed by atoms with Crippen LogP contribution in [0.2, 0.25) is 0 Å². The third-order valence-corrected chi connectivity index (χ3v) is 4.87. The summed E-state index contributed by atoms with van der Waals surface area (Å²) in [4.78, 5) is 24.9. The molecule has 0 spiro atoms. The number of nitrogens with zero attached hydrogens (tertiary/aromatic N) is 1. The molecule has 0 saturated carbocycles. The van der Waals surface area contributed by atoms with Crippen molar-refractivity contribution in [2.75, 3.05) is 13.2 Å². The summed E-state index contributed by atoms with van der Waals surface area (Å²) in [6.07, 6.45) is 1.41. The minimum absolute atomic E-state index is 0.302. The van der Waals surface area contributed by atoms with Gasteiger partial charge in [0.05, 0.1) is 25.0 Å². The summed E-state index contributed by atoms with van der Waals surface area (Å²) >= 11 is 3.39. The first-order valence-corrected chi connectivity index (χ1v) is 11.1. The molecule has 0 fully saturated rings. The van der Waals surface area contributed by atoms with Crippen LogP contribution in [0, 0.1) is 0 Å². The predicted octanol–water partition coefficient (Wildman–Crippen LogP) is 5.23. The number of rotatable bonds is 9. The molecule has 0 aliphatic rings. The van der Waals surface area contributed by atoms with Crippen molar-refractivity contribution in [2.24, 2.45) is 5.10 Å². The summed E-state index contributed by atoms with van der Waals surface area (Å²) in [6.45, 7) is 4.87. The molecular weight excluding hydrogens is 488 g/mol. The molecule has 3 aromatic rings. The van der Waals surface area contributed by atoms with Crippen LogP contribution >= 0.6 is 15.9 Å². The molecule has 7 nitrogen and oxygen atoms in total. The van der Waals surface area contributed by atoms with Gasteiger partial charge in [-0.1, -0.05) is 15.9 Å². The Labute approximate surface area is 200 Å². The maximum Gasteiger partial charge on any atom is 0.343 e. The molecule has 3 aromatic carbocycles. The highest BCUT2D eigenvalue weighted by Crippen LogP contribution is 2.23. The highest BCUT2D eigenvalue weighted by molar-refractivity contribution is 9.10. The first kappa shape index (κ1) is 24.0. The number of carbonyl (C=O) groups is 2. The van der Waals surface area contributed by atoms with Gasteiger partial charge in [-0.2, -0.15) is 5.10 Å². The van der Waals surface area contributed by atoms with Crippen LogP contribution in [0.25, 0.3) is 0 Å². The second-order valence-electron chi connectivity index (χ2n) is 6.69. The fourth-order valence-electron chi connectivity index (χ4n) is 2.82. The first-order chi connectivity index (χ1) is 16.0.